The van der Waals surface area contributed by atoms with Crippen LogP contribution in [-0.4, -0.2) is 15.9 Å². The van der Waals surface area contributed by atoms with E-state index in [1.807, 2.05) is 19.1 Å². The number of rotatable bonds is 8. The molecule has 5 heteroatoms. The summed E-state index contributed by atoms with van der Waals surface area (Å²) in [5, 5.41) is 6.23. The van der Waals surface area contributed by atoms with Crippen LogP contribution in [0.5, 0.6) is 0 Å². The Hall–Kier alpha value is -1.75. The number of pyridine rings is 1. The first-order chi connectivity index (χ1) is 12.7. The van der Waals surface area contributed by atoms with Crippen LogP contribution in [0.25, 0.3) is 11.3 Å². The first kappa shape index (κ1) is 19.0. The molecular formula is C21H29N3OS. The van der Waals surface area contributed by atoms with Crippen molar-refractivity contribution in [3.63, 3.8) is 0 Å². The molecule has 2 unspecified atom stereocenters. The zero-order chi connectivity index (χ0) is 18.4. The summed E-state index contributed by atoms with van der Waals surface area (Å²) in [6.45, 7) is 4.20. The van der Waals surface area contributed by atoms with Crippen LogP contribution in [0.4, 0.5) is 0 Å². The topological polar surface area (TPSA) is 54.9 Å². The van der Waals surface area contributed by atoms with Crippen molar-refractivity contribution in [3.8, 4) is 11.3 Å². The average Bonchev–Trinajstić information content (AvgIpc) is 3.34. The first-order valence-corrected chi connectivity index (χ1v) is 10.7. The molecule has 0 radical (unpaired) electrons. The van der Waals surface area contributed by atoms with Crippen LogP contribution in [0.1, 0.15) is 69.8 Å². The van der Waals surface area contributed by atoms with Gasteiger partial charge < -0.3 is 5.32 Å². The average molecular weight is 372 g/mol. The van der Waals surface area contributed by atoms with Crippen LogP contribution in [-0.2, 0) is 4.79 Å². The summed E-state index contributed by atoms with van der Waals surface area (Å²) in [5.74, 6) is 1.09. The highest BCUT2D eigenvalue weighted by atomic mass is 32.1. The molecule has 0 aromatic carbocycles. The highest BCUT2D eigenvalue weighted by Gasteiger charge is 2.26. The second-order valence-electron chi connectivity index (χ2n) is 7.41. The number of aromatic nitrogens is 2. The first-order valence-electron chi connectivity index (χ1n) is 9.83. The fraction of sp³-hybridized carbons (Fsp3) is 0.571. The van der Waals surface area contributed by atoms with E-state index in [-0.39, 0.29) is 17.9 Å². The normalized spacial score (nSPS) is 17.2. The summed E-state index contributed by atoms with van der Waals surface area (Å²) < 4.78 is 0. The van der Waals surface area contributed by atoms with Crippen molar-refractivity contribution in [1.29, 1.82) is 0 Å². The van der Waals surface area contributed by atoms with Gasteiger partial charge in [0.05, 0.1) is 11.7 Å². The van der Waals surface area contributed by atoms with E-state index in [9.17, 15) is 4.79 Å². The van der Waals surface area contributed by atoms with Crippen molar-refractivity contribution in [2.24, 2.45) is 11.8 Å². The molecule has 3 rings (SSSR count). The maximum absolute atomic E-state index is 12.8. The Morgan fingerprint density at radius 2 is 2.04 bits per heavy atom. The molecular weight excluding hydrogens is 342 g/mol. The van der Waals surface area contributed by atoms with E-state index in [0.717, 1.165) is 41.4 Å². The van der Waals surface area contributed by atoms with E-state index in [1.165, 1.54) is 25.7 Å². The molecule has 140 valence electrons. The number of nitrogens with one attached hydrogen (secondary N) is 1. The second kappa shape index (κ2) is 9.26. The third-order valence-corrected chi connectivity index (χ3v) is 6.36. The smallest absolute Gasteiger partial charge is 0.223 e. The SMILES string of the molecule is CCCC(CC1CCCC1)C(=O)NC(C)c1nc(-c2ccncc2)cs1. The quantitative estimate of drug-likeness (QED) is 0.678. The number of carbonyl (C=O) groups excluding carboxylic acids is 1. The van der Waals surface area contributed by atoms with E-state index < -0.39 is 0 Å². The molecule has 0 bridgehead atoms. The summed E-state index contributed by atoms with van der Waals surface area (Å²) in [4.78, 5) is 21.6. The van der Waals surface area contributed by atoms with Gasteiger partial charge in [0.15, 0.2) is 0 Å². The second-order valence-corrected chi connectivity index (χ2v) is 8.30. The van der Waals surface area contributed by atoms with Crippen molar-refractivity contribution in [2.45, 2.75) is 64.8 Å². The number of carbonyl (C=O) groups is 1. The number of nitrogens with zero attached hydrogens (tertiary/aromatic N) is 2. The molecule has 1 aliphatic rings. The molecule has 1 aliphatic carbocycles. The molecule has 0 aliphatic heterocycles. The van der Waals surface area contributed by atoms with Crippen LogP contribution >= 0.6 is 11.3 Å². The zero-order valence-corrected chi connectivity index (χ0v) is 16.6. The Balaban J connectivity index is 1.61. The third kappa shape index (κ3) is 4.91. The van der Waals surface area contributed by atoms with Gasteiger partial charge in [-0.05, 0) is 37.8 Å². The molecule has 1 fully saturated rings. The Morgan fingerprint density at radius 1 is 1.31 bits per heavy atom. The highest BCUT2D eigenvalue weighted by molar-refractivity contribution is 7.10. The maximum atomic E-state index is 12.8. The summed E-state index contributed by atoms with van der Waals surface area (Å²) in [7, 11) is 0. The van der Waals surface area contributed by atoms with Crippen molar-refractivity contribution < 1.29 is 4.79 Å². The fourth-order valence-electron chi connectivity index (χ4n) is 3.89. The molecule has 26 heavy (non-hydrogen) atoms. The van der Waals surface area contributed by atoms with Crippen LogP contribution in [0.3, 0.4) is 0 Å². The highest BCUT2D eigenvalue weighted by Crippen LogP contribution is 2.32. The third-order valence-electron chi connectivity index (χ3n) is 5.33. The molecule has 1 saturated carbocycles. The van der Waals surface area contributed by atoms with Gasteiger partial charge in [0.25, 0.3) is 0 Å². The lowest BCUT2D eigenvalue weighted by Gasteiger charge is -2.21. The fourth-order valence-corrected chi connectivity index (χ4v) is 4.72. The largest absolute Gasteiger partial charge is 0.347 e. The number of thiazole rings is 1. The van der Waals surface area contributed by atoms with Gasteiger partial charge in [-0.3, -0.25) is 9.78 Å². The lowest BCUT2D eigenvalue weighted by atomic mass is 9.89. The molecule has 0 saturated heterocycles. The Morgan fingerprint density at radius 3 is 2.73 bits per heavy atom. The van der Waals surface area contributed by atoms with Crippen molar-refractivity contribution in [2.75, 3.05) is 0 Å². The van der Waals surface area contributed by atoms with Gasteiger partial charge in [-0.25, -0.2) is 4.98 Å². The molecule has 1 amide bonds. The summed E-state index contributed by atoms with van der Waals surface area (Å²) >= 11 is 1.61. The van der Waals surface area contributed by atoms with Gasteiger partial charge in [-0.15, -0.1) is 11.3 Å². The number of hydrogen-bond acceptors (Lipinski definition) is 4. The minimum absolute atomic E-state index is 0.0500. The van der Waals surface area contributed by atoms with Gasteiger partial charge in [-0.2, -0.15) is 0 Å². The summed E-state index contributed by atoms with van der Waals surface area (Å²) in [5.41, 5.74) is 2.01. The zero-order valence-electron chi connectivity index (χ0n) is 15.8. The summed E-state index contributed by atoms with van der Waals surface area (Å²) in [6, 6.07) is 3.87. The van der Waals surface area contributed by atoms with E-state index in [0.29, 0.717) is 0 Å². The van der Waals surface area contributed by atoms with E-state index in [2.05, 4.69) is 22.6 Å². The molecule has 2 aromatic heterocycles. The van der Waals surface area contributed by atoms with Crippen molar-refractivity contribution in [3.05, 3.63) is 34.9 Å². The van der Waals surface area contributed by atoms with Crippen molar-refractivity contribution in [1.82, 2.24) is 15.3 Å². The lowest BCUT2D eigenvalue weighted by Crippen LogP contribution is -2.33. The minimum atomic E-state index is -0.0500. The van der Waals surface area contributed by atoms with Gasteiger partial charge in [0.1, 0.15) is 5.01 Å². The number of amides is 1. The van der Waals surface area contributed by atoms with Crippen LogP contribution in [0.15, 0.2) is 29.9 Å². The van der Waals surface area contributed by atoms with Crippen LogP contribution < -0.4 is 5.32 Å². The van der Waals surface area contributed by atoms with E-state index >= 15 is 0 Å². The standard InChI is InChI=1S/C21H29N3OS/c1-3-6-18(13-16-7-4-5-8-16)20(25)23-15(2)21-24-19(14-26-21)17-9-11-22-12-10-17/h9-12,14-16,18H,3-8,13H2,1-2H3,(H,23,25). The lowest BCUT2D eigenvalue weighted by molar-refractivity contribution is -0.126. The number of hydrogen-bond donors (Lipinski definition) is 1. The Bertz CT molecular complexity index is 694. The molecule has 2 heterocycles. The molecule has 0 spiro atoms. The Kier molecular flexibility index (Phi) is 6.78. The summed E-state index contributed by atoms with van der Waals surface area (Å²) in [6.07, 6.45) is 11.9. The molecule has 2 aromatic rings. The van der Waals surface area contributed by atoms with Gasteiger partial charge in [-0.1, -0.05) is 39.0 Å². The van der Waals surface area contributed by atoms with E-state index in [1.54, 1.807) is 23.7 Å². The van der Waals surface area contributed by atoms with Gasteiger partial charge in [0, 0.05) is 29.3 Å². The van der Waals surface area contributed by atoms with Crippen LogP contribution in [0, 0.1) is 11.8 Å². The molecule has 4 nitrogen and oxygen atoms in total. The molecule has 2 atom stereocenters. The Labute approximate surface area is 160 Å². The maximum Gasteiger partial charge on any atom is 0.223 e. The predicted molar refractivity (Wildman–Crippen MR) is 107 cm³/mol. The van der Waals surface area contributed by atoms with Gasteiger partial charge in [0.2, 0.25) is 5.91 Å². The van der Waals surface area contributed by atoms with Crippen LogP contribution in [0.2, 0.25) is 0 Å². The van der Waals surface area contributed by atoms with E-state index in [4.69, 9.17) is 4.98 Å². The predicted octanol–water partition coefficient (Wildman–Crippen LogP) is 5.38. The van der Waals surface area contributed by atoms with Crippen molar-refractivity contribution >= 4 is 17.2 Å². The molecule has 1 N–H and O–H groups in total. The van der Waals surface area contributed by atoms with Gasteiger partial charge >= 0.3 is 0 Å². The minimum Gasteiger partial charge on any atom is -0.347 e. The monoisotopic (exact) mass is 371 g/mol.